The molecule has 3 aromatic rings. The van der Waals surface area contributed by atoms with Crippen molar-refractivity contribution in [2.45, 2.75) is 20.0 Å². The summed E-state index contributed by atoms with van der Waals surface area (Å²) in [6, 6.07) is 13.6. The molecular weight excluding hydrogens is 456 g/mol. The SMILES string of the molecule is COC(=O)c1c(-c2ccc(OCC(=O)OC(C)C)c(OC)c2)nn(-c2ccccc2)c1C(=O)OC. The number of carbonyl (C=O) groups excluding carboxylic acids is 3. The van der Waals surface area contributed by atoms with Crippen LogP contribution in [0.25, 0.3) is 16.9 Å². The van der Waals surface area contributed by atoms with Gasteiger partial charge in [0.05, 0.1) is 33.1 Å². The van der Waals surface area contributed by atoms with Gasteiger partial charge in [-0.3, -0.25) is 0 Å². The van der Waals surface area contributed by atoms with Crippen LogP contribution >= 0.6 is 0 Å². The summed E-state index contributed by atoms with van der Waals surface area (Å²) in [5.41, 5.74) is 1.000. The van der Waals surface area contributed by atoms with E-state index in [4.69, 9.17) is 23.7 Å². The lowest BCUT2D eigenvalue weighted by Crippen LogP contribution is -2.18. The van der Waals surface area contributed by atoms with Gasteiger partial charge >= 0.3 is 17.9 Å². The molecule has 0 aliphatic carbocycles. The van der Waals surface area contributed by atoms with Gasteiger partial charge in [-0.15, -0.1) is 0 Å². The third-order valence-electron chi connectivity index (χ3n) is 4.80. The first kappa shape index (κ1) is 25.3. The Hall–Kier alpha value is -4.34. The van der Waals surface area contributed by atoms with Crippen LogP contribution in [0.3, 0.4) is 0 Å². The number of aromatic nitrogens is 2. The zero-order chi connectivity index (χ0) is 25.5. The quantitative estimate of drug-likeness (QED) is 0.334. The van der Waals surface area contributed by atoms with Crippen LogP contribution in [0, 0.1) is 0 Å². The predicted octanol–water partition coefficient (Wildman–Crippen LogP) is 3.45. The molecule has 0 fully saturated rings. The van der Waals surface area contributed by atoms with Gasteiger partial charge < -0.3 is 23.7 Å². The van der Waals surface area contributed by atoms with Gasteiger partial charge in [-0.25, -0.2) is 19.1 Å². The first-order valence-electron chi connectivity index (χ1n) is 10.7. The van der Waals surface area contributed by atoms with E-state index in [9.17, 15) is 14.4 Å². The smallest absolute Gasteiger partial charge is 0.357 e. The molecular formula is C25H26N2O8. The van der Waals surface area contributed by atoms with Crippen LogP contribution in [0.4, 0.5) is 0 Å². The van der Waals surface area contributed by atoms with E-state index < -0.39 is 17.9 Å². The molecule has 0 spiro atoms. The van der Waals surface area contributed by atoms with Crippen molar-refractivity contribution in [2.24, 2.45) is 0 Å². The van der Waals surface area contributed by atoms with Crippen molar-refractivity contribution in [3.8, 4) is 28.4 Å². The normalized spacial score (nSPS) is 10.6. The van der Waals surface area contributed by atoms with Crippen molar-refractivity contribution in [2.75, 3.05) is 27.9 Å². The van der Waals surface area contributed by atoms with Crippen molar-refractivity contribution < 1.29 is 38.1 Å². The van der Waals surface area contributed by atoms with Crippen molar-refractivity contribution >= 4 is 17.9 Å². The Bertz CT molecular complexity index is 1220. The molecule has 0 amide bonds. The average Bonchev–Trinajstić information content (AvgIpc) is 3.27. The highest BCUT2D eigenvalue weighted by Crippen LogP contribution is 2.35. The Kier molecular flexibility index (Phi) is 8.08. The summed E-state index contributed by atoms with van der Waals surface area (Å²) in [7, 11) is 3.85. The van der Waals surface area contributed by atoms with Crippen LogP contribution in [0.2, 0.25) is 0 Å². The summed E-state index contributed by atoms with van der Waals surface area (Å²) in [5.74, 6) is -1.48. The fourth-order valence-corrected chi connectivity index (χ4v) is 3.32. The lowest BCUT2D eigenvalue weighted by atomic mass is 10.0. The molecule has 0 N–H and O–H groups in total. The third kappa shape index (κ3) is 5.60. The summed E-state index contributed by atoms with van der Waals surface area (Å²) < 4.78 is 27.2. The Balaban J connectivity index is 2.11. The number of carbonyl (C=O) groups is 3. The number of nitrogens with zero attached hydrogens (tertiary/aromatic N) is 2. The van der Waals surface area contributed by atoms with E-state index in [0.29, 0.717) is 11.3 Å². The second-order valence-electron chi connectivity index (χ2n) is 7.50. The number of rotatable bonds is 9. The van der Waals surface area contributed by atoms with Crippen LogP contribution in [-0.2, 0) is 19.0 Å². The van der Waals surface area contributed by atoms with Gasteiger partial charge in [0.1, 0.15) is 11.3 Å². The molecule has 10 heteroatoms. The molecule has 0 saturated carbocycles. The zero-order valence-electron chi connectivity index (χ0n) is 20.1. The lowest BCUT2D eigenvalue weighted by Gasteiger charge is -2.13. The number of para-hydroxylation sites is 1. The Morgan fingerprint density at radius 3 is 2.20 bits per heavy atom. The molecule has 1 aromatic heterocycles. The molecule has 3 rings (SSSR count). The second-order valence-corrected chi connectivity index (χ2v) is 7.50. The van der Waals surface area contributed by atoms with E-state index in [2.05, 4.69) is 5.10 Å². The minimum absolute atomic E-state index is 0.0700. The van der Waals surface area contributed by atoms with Gasteiger partial charge in [0.2, 0.25) is 0 Å². The third-order valence-corrected chi connectivity index (χ3v) is 4.80. The molecule has 35 heavy (non-hydrogen) atoms. The average molecular weight is 482 g/mol. The van der Waals surface area contributed by atoms with Gasteiger partial charge in [-0.2, -0.15) is 5.10 Å². The summed E-state index contributed by atoms with van der Waals surface area (Å²) in [6.45, 7) is 3.17. The van der Waals surface area contributed by atoms with Crippen LogP contribution in [0.15, 0.2) is 48.5 Å². The van der Waals surface area contributed by atoms with Crippen LogP contribution < -0.4 is 9.47 Å². The molecule has 10 nitrogen and oxygen atoms in total. The summed E-state index contributed by atoms with van der Waals surface area (Å²) in [6.07, 6.45) is -0.268. The van der Waals surface area contributed by atoms with Crippen LogP contribution in [0.1, 0.15) is 34.7 Å². The fourth-order valence-electron chi connectivity index (χ4n) is 3.32. The minimum Gasteiger partial charge on any atom is -0.493 e. The topological polar surface area (TPSA) is 115 Å². The van der Waals surface area contributed by atoms with E-state index >= 15 is 0 Å². The standard InChI is InChI=1S/C25H26N2O8/c1-15(2)35-20(28)14-34-18-12-11-16(13-19(18)31-3)22-21(24(29)32-4)23(25(30)33-5)27(26-22)17-9-7-6-8-10-17/h6-13,15H,14H2,1-5H3. The zero-order valence-corrected chi connectivity index (χ0v) is 20.1. The minimum atomic E-state index is -0.765. The Labute approximate surface area is 202 Å². The molecule has 0 atom stereocenters. The van der Waals surface area contributed by atoms with Gasteiger partial charge in [0.15, 0.2) is 23.8 Å². The highest BCUT2D eigenvalue weighted by Gasteiger charge is 2.31. The van der Waals surface area contributed by atoms with Crippen molar-refractivity contribution in [3.05, 3.63) is 59.8 Å². The molecule has 0 aliphatic rings. The maximum Gasteiger partial charge on any atom is 0.357 e. The lowest BCUT2D eigenvalue weighted by molar-refractivity contribution is -0.149. The first-order chi connectivity index (χ1) is 16.8. The number of esters is 3. The van der Waals surface area contributed by atoms with Crippen molar-refractivity contribution in [3.63, 3.8) is 0 Å². The van der Waals surface area contributed by atoms with Gasteiger partial charge in [-0.05, 0) is 44.2 Å². The maximum atomic E-state index is 12.8. The predicted molar refractivity (Wildman–Crippen MR) is 125 cm³/mol. The van der Waals surface area contributed by atoms with Crippen molar-refractivity contribution in [1.29, 1.82) is 0 Å². The number of hydrogen-bond donors (Lipinski definition) is 0. The molecule has 184 valence electrons. The summed E-state index contributed by atoms with van der Waals surface area (Å²) >= 11 is 0. The van der Waals surface area contributed by atoms with E-state index in [1.807, 2.05) is 6.07 Å². The maximum absolute atomic E-state index is 12.8. The van der Waals surface area contributed by atoms with E-state index in [-0.39, 0.29) is 41.2 Å². The molecule has 0 saturated heterocycles. The van der Waals surface area contributed by atoms with E-state index in [0.717, 1.165) is 0 Å². The largest absolute Gasteiger partial charge is 0.493 e. The highest BCUT2D eigenvalue weighted by atomic mass is 16.6. The number of methoxy groups -OCH3 is 3. The molecule has 0 bridgehead atoms. The van der Waals surface area contributed by atoms with Crippen molar-refractivity contribution in [1.82, 2.24) is 9.78 Å². The molecule has 2 aromatic carbocycles. The molecule has 1 heterocycles. The van der Waals surface area contributed by atoms with Crippen LogP contribution in [-0.4, -0.2) is 61.7 Å². The Morgan fingerprint density at radius 1 is 0.914 bits per heavy atom. The second kappa shape index (κ2) is 11.2. The van der Waals surface area contributed by atoms with Gasteiger partial charge in [0.25, 0.3) is 0 Å². The van der Waals surface area contributed by atoms with Crippen LogP contribution in [0.5, 0.6) is 11.5 Å². The first-order valence-corrected chi connectivity index (χ1v) is 10.7. The van der Waals surface area contributed by atoms with E-state index in [1.54, 1.807) is 56.3 Å². The fraction of sp³-hybridized carbons (Fsp3) is 0.280. The molecule has 0 radical (unpaired) electrons. The number of hydrogen-bond acceptors (Lipinski definition) is 9. The Morgan fingerprint density at radius 2 is 1.60 bits per heavy atom. The number of ether oxygens (including phenoxy) is 5. The number of benzene rings is 2. The van der Waals surface area contributed by atoms with Gasteiger partial charge in [-0.1, -0.05) is 18.2 Å². The van der Waals surface area contributed by atoms with E-state index in [1.165, 1.54) is 26.0 Å². The van der Waals surface area contributed by atoms with Gasteiger partial charge in [0, 0.05) is 5.56 Å². The summed E-state index contributed by atoms with van der Waals surface area (Å²) in [4.78, 5) is 37.3. The molecule has 0 aliphatic heterocycles. The molecule has 0 unspecified atom stereocenters. The monoisotopic (exact) mass is 482 g/mol. The summed E-state index contributed by atoms with van der Waals surface area (Å²) in [5, 5.41) is 4.55. The highest BCUT2D eigenvalue weighted by molar-refractivity contribution is 6.06.